The molecule has 4 N–H and O–H groups in total. The van der Waals surface area contributed by atoms with Crippen LogP contribution in [0, 0.1) is 0 Å². The summed E-state index contributed by atoms with van der Waals surface area (Å²) in [6, 6.07) is 14.2. The fourth-order valence-corrected chi connectivity index (χ4v) is 3.97. The number of hydrogen-bond donors (Lipinski definition) is 4. The summed E-state index contributed by atoms with van der Waals surface area (Å²) in [5, 5.41) is 2.17. The molecule has 0 aliphatic rings. The lowest BCUT2D eigenvalue weighted by atomic mass is 10.2. The highest BCUT2D eigenvalue weighted by molar-refractivity contribution is 7.92. The summed E-state index contributed by atoms with van der Waals surface area (Å²) in [5.74, 6) is -0.209. The molecule has 0 aliphatic heterocycles. The van der Waals surface area contributed by atoms with E-state index < -0.39 is 33.7 Å². The smallest absolute Gasteiger partial charge is 0.416 e. The van der Waals surface area contributed by atoms with E-state index in [2.05, 4.69) is 15.5 Å². The number of hydrazine groups is 1. The number of anilines is 2. The summed E-state index contributed by atoms with van der Waals surface area (Å²) in [4.78, 5) is 24.2. The van der Waals surface area contributed by atoms with Gasteiger partial charge in [0.05, 0.1) is 17.1 Å². The molecule has 0 atom stereocenters. The summed E-state index contributed by atoms with van der Waals surface area (Å²) in [6.45, 7) is 2.25. The van der Waals surface area contributed by atoms with Crippen molar-refractivity contribution in [2.45, 2.75) is 18.0 Å². The predicted octanol–water partition coefficient (Wildman–Crippen LogP) is 4.37. The standard InChI is InChI=1S/C23H21F3N4O5S/c1-2-35-19-10-12-20(13-11-19)36(33,34)30-17-8-6-15(7-9-17)21(31)28-29-22(32)27-18-5-3-4-16(14-18)23(24,25)26/h3-14,30H,2H2,1H3,(H,28,31)(H2,27,29,32). The van der Waals surface area contributed by atoms with Gasteiger partial charge in [-0.15, -0.1) is 0 Å². The normalized spacial score (nSPS) is 11.3. The minimum absolute atomic E-state index is 0.0174. The maximum absolute atomic E-state index is 12.8. The van der Waals surface area contributed by atoms with Crippen molar-refractivity contribution in [3.8, 4) is 5.75 Å². The Hall–Kier alpha value is -4.26. The highest BCUT2D eigenvalue weighted by Crippen LogP contribution is 2.30. The number of carbonyl (C=O) groups excluding carboxylic acids is 2. The van der Waals surface area contributed by atoms with Crippen molar-refractivity contribution in [3.05, 3.63) is 83.9 Å². The first kappa shape index (κ1) is 26.3. The van der Waals surface area contributed by atoms with Gasteiger partial charge in [-0.05, 0) is 73.7 Å². The summed E-state index contributed by atoms with van der Waals surface area (Å²) in [7, 11) is -3.88. The second-order valence-corrected chi connectivity index (χ2v) is 8.88. The van der Waals surface area contributed by atoms with Gasteiger partial charge in [-0.25, -0.2) is 18.6 Å². The molecule has 3 aromatic carbocycles. The van der Waals surface area contributed by atoms with E-state index in [1.807, 2.05) is 12.3 Å². The second-order valence-electron chi connectivity index (χ2n) is 7.20. The third-order valence-corrected chi connectivity index (χ3v) is 5.98. The molecule has 0 radical (unpaired) electrons. The minimum atomic E-state index is -4.57. The van der Waals surface area contributed by atoms with Crippen molar-refractivity contribution in [2.24, 2.45) is 0 Å². The van der Waals surface area contributed by atoms with Crippen LogP contribution in [0.15, 0.2) is 77.7 Å². The Morgan fingerprint density at radius 1 is 0.889 bits per heavy atom. The maximum atomic E-state index is 12.8. The summed E-state index contributed by atoms with van der Waals surface area (Å²) in [5.41, 5.74) is 3.33. The maximum Gasteiger partial charge on any atom is 0.416 e. The van der Waals surface area contributed by atoms with Crippen molar-refractivity contribution in [2.75, 3.05) is 16.6 Å². The van der Waals surface area contributed by atoms with Crippen LogP contribution in [0.4, 0.5) is 29.3 Å². The first-order valence-electron chi connectivity index (χ1n) is 10.4. The minimum Gasteiger partial charge on any atom is -0.494 e. The molecule has 13 heteroatoms. The molecule has 0 saturated carbocycles. The SMILES string of the molecule is CCOc1ccc(S(=O)(=O)Nc2ccc(C(=O)NNC(=O)Nc3cccc(C(F)(F)F)c3)cc2)cc1. The number of carbonyl (C=O) groups is 2. The van der Waals surface area contributed by atoms with E-state index in [9.17, 15) is 31.2 Å². The number of halogens is 3. The van der Waals surface area contributed by atoms with Gasteiger partial charge in [-0.3, -0.25) is 14.9 Å². The first-order chi connectivity index (χ1) is 17.0. The number of benzene rings is 3. The number of alkyl halides is 3. The average Bonchev–Trinajstić information content (AvgIpc) is 2.83. The van der Waals surface area contributed by atoms with Crippen molar-refractivity contribution < 1.29 is 35.9 Å². The van der Waals surface area contributed by atoms with Crippen LogP contribution in [-0.4, -0.2) is 27.0 Å². The Kier molecular flexibility index (Phi) is 8.04. The summed E-state index contributed by atoms with van der Waals surface area (Å²) in [6.07, 6.45) is -4.57. The van der Waals surface area contributed by atoms with Crippen molar-refractivity contribution in [1.82, 2.24) is 10.9 Å². The zero-order valence-corrected chi connectivity index (χ0v) is 19.5. The van der Waals surface area contributed by atoms with Gasteiger partial charge in [0.1, 0.15) is 5.75 Å². The van der Waals surface area contributed by atoms with Crippen molar-refractivity contribution in [3.63, 3.8) is 0 Å². The Morgan fingerprint density at radius 2 is 1.56 bits per heavy atom. The van der Waals surface area contributed by atoms with Crippen LogP contribution in [0.5, 0.6) is 5.75 Å². The van der Waals surface area contributed by atoms with Gasteiger partial charge >= 0.3 is 12.2 Å². The summed E-state index contributed by atoms with van der Waals surface area (Å²) < 4.78 is 71.1. The number of rotatable bonds is 7. The molecule has 0 aromatic heterocycles. The highest BCUT2D eigenvalue weighted by Gasteiger charge is 2.30. The topological polar surface area (TPSA) is 126 Å². The molecule has 0 unspecified atom stereocenters. The Labute approximate surface area is 204 Å². The Morgan fingerprint density at radius 3 is 2.17 bits per heavy atom. The molecule has 3 amide bonds. The monoisotopic (exact) mass is 522 g/mol. The molecule has 0 spiro atoms. The second kappa shape index (κ2) is 11.0. The van der Waals surface area contributed by atoms with Crippen LogP contribution < -0.4 is 25.6 Å². The van der Waals surface area contributed by atoms with Crippen LogP contribution in [0.2, 0.25) is 0 Å². The Bertz CT molecular complexity index is 1330. The zero-order valence-electron chi connectivity index (χ0n) is 18.7. The number of ether oxygens (including phenoxy) is 1. The highest BCUT2D eigenvalue weighted by atomic mass is 32.2. The van der Waals surface area contributed by atoms with Gasteiger partial charge < -0.3 is 10.1 Å². The molecule has 3 rings (SSSR count). The predicted molar refractivity (Wildman–Crippen MR) is 126 cm³/mol. The summed E-state index contributed by atoms with van der Waals surface area (Å²) >= 11 is 0. The van der Waals surface area contributed by atoms with E-state index in [0.717, 1.165) is 18.2 Å². The fraction of sp³-hybridized carbons (Fsp3) is 0.130. The van der Waals surface area contributed by atoms with E-state index >= 15 is 0 Å². The molecule has 0 aliphatic carbocycles. The lowest BCUT2D eigenvalue weighted by Crippen LogP contribution is -2.43. The van der Waals surface area contributed by atoms with E-state index in [4.69, 9.17) is 4.74 Å². The number of amides is 3. The van der Waals surface area contributed by atoms with E-state index in [1.54, 1.807) is 0 Å². The van der Waals surface area contributed by atoms with Crippen molar-refractivity contribution >= 4 is 33.3 Å². The number of sulfonamides is 1. The molecule has 0 bridgehead atoms. The molecule has 9 nitrogen and oxygen atoms in total. The third-order valence-electron chi connectivity index (χ3n) is 4.58. The lowest BCUT2D eigenvalue weighted by Gasteiger charge is -2.12. The molecule has 190 valence electrons. The number of hydrogen-bond acceptors (Lipinski definition) is 5. The molecule has 3 aromatic rings. The van der Waals surface area contributed by atoms with Crippen LogP contribution in [0.3, 0.4) is 0 Å². The molecule has 0 fully saturated rings. The van der Waals surface area contributed by atoms with Crippen LogP contribution in [-0.2, 0) is 16.2 Å². The average molecular weight is 523 g/mol. The first-order valence-corrected chi connectivity index (χ1v) is 11.9. The molecular formula is C23H21F3N4O5S. The van der Waals surface area contributed by atoms with Gasteiger partial charge in [-0.1, -0.05) is 6.07 Å². The van der Waals surface area contributed by atoms with E-state index in [1.165, 1.54) is 54.6 Å². The zero-order chi connectivity index (χ0) is 26.3. The van der Waals surface area contributed by atoms with Gasteiger partial charge in [0.25, 0.3) is 15.9 Å². The van der Waals surface area contributed by atoms with Gasteiger partial charge in [-0.2, -0.15) is 13.2 Å². The molecule has 36 heavy (non-hydrogen) atoms. The van der Waals surface area contributed by atoms with E-state index in [0.29, 0.717) is 12.4 Å². The van der Waals surface area contributed by atoms with E-state index in [-0.39, 0.29) is 21.8 Å². The Balaban J connectivity index is 1.55. The number of nitrogens with one attached hydrogen (secondary N) is 4. The van der Waals surface area contributed by atoms with Crippen LogP contribution >= 0.6 is 0 Å². The van der Waals surface area contributed by atoms with Gasteiger partial charge in [0, 0.05) is 16.9 Å². The largest absolute Gasteiger partial charge is 0.494 e. The fourth-order valence-electron chi connectivity index (χ4n) is 2.91. The quantitative estimate of drug-likeness (QED) is 0.343. The van der Waals surface area contributed by atoms with Gasteiger partial charge in [0.15, 0.2) is 0 Å². The van der Waals surface area contributed by atoms with Crippen LogP contribution in [0.25, 0.3) is 0 Å². The van der Waals surface area contributed by atoms with Crippen LogP contribution in [0.1, 0.15) is 22.8 Å². The lowest BCUT2D eigenvalue weighted by molar-refractivity contribution is -0.137. The molecule has 0 heterocycles. The number of urea groups is 1. The van der Waals surface area contributed by atoms with Crippen molar-refractivity contribution in [1.29, 1.82) is 0 Å². The molecular weight excluding hydrogens is 501 g/mol. The van der Waals surface area contributed by atoms with Gasteiger partial charge in [0.2, 0.25) is 0 Å². The molecule has 0 saturated heterocycles. The third kappa shape index (κ3) is 7.12.